The number of nitro groups is 1. The fourth-order valence-corrected chi connectivity index (χ4v) is 2.86. The third-order valence-corrected chi connectivity index (χ3v) is 4.06. The topological polar surface area (TPSA) is 84.6 Å². The van der Waals surface area contributed by atoms with Gasteiger partial charge < -0.3 is 5.43 Å². The van der Waals surface area contributed by atoms with Crippen LogP contribution in [-0.4, -0.2) is 22.6 Å². The summed E-state index contributed by atoms with van der Waals surface area (Å²) in [6, 6.07) is 12.8. The average Bonchev–Trinajstić information content (AvgIpc) is 3.05. The summed E-state index contributed by atoms with van der Waals surface area (Å²) in [5, 5.41) is 14.4. The van der Waals surface area contributed by atoms with Gasteiger partial charge in [0.2, 0.25) is 0 Å². The zero-order valence-corrected chi connectivity index (χ0v) is 13.1. The van der Waals surface area contributed by atoms with Gasteiger partial charge in [-0.2, -0.15) is 18.3 Å². The Bertz CT molecular complexity index is 864. The first-order chi connectivity index (χ1) is 12.3. The Morgan fingerprint density at radius 2 is 1.65 bits per heavy atom. The van der Waals surface area contributed by atoms with Crippen LogP contribution in [0.3, 0.4) is 0 Å². The van der Waals surface area contributed by atoms with Crippen LogP contribution in [0.15, 0.2) is 59.7 Å². The van der Waals surface area contributed by atoms with E-state index in [9.17, 15) is 28.1 Å². The predicted octanol–water partition coefficient (Wildman–Crippen LogP) is 3.51. The van der Waals surface area contributed by atoms with Crippen LogP contribution in [0.5, 0.6) is 0 Å². The first kappa shape index (κ1) is 17.6. The fraction of sp³-hybridized carbons (Fsp3) is 0.176. The minimum absolute atomic E-state index is 0.143. The number of benzene rings is 2. The Morgan fingerprint density at radius 3 is 2.19 bits per heavy atom. The Hall–Kier alpha value is -3.23. The van der Waals surface area contributed by atoms with Crippen LogP contribution in [0.4, 0.5) is 18.9 Å². The molecule has 2 aromatic carbocycles. The quantitative estimate of drug-likeness (QED) is 0.665. The van der Waals surface area contributed by atoms with Crippen molar-refractivity contribution in [1.82, 2.24) is 5.43 Å². The van der Waals surface area contributed by atoms with Crippen molar-refractivity contribution in [3.63, 3.8) is 0 Å². The molecule has 0 saturated carbocycles. The second-order valence-electron chi connectivity index (χ2n) is 5.67. The number of hydrazone groups is 1. The van der Waals surface area contributed by atoms with E-state index in [1.54, 1.807) is 30.3 Å². The molecule has 2 aromatic rings. The standard InChI is InChI=1S/C17H12F3N3O3/c18-17(19,20)16(24)15-13(10-4-2-1-3-5-10)14(21-22-15)11-6-8-12(9-7-11)23(25)26/h1-9,13-14,21H/t13-,14+/m1/s1. The molecule has 1 heterocycles. The van der Waals surface area contributed by atoms with E-state index in [-0.39, 0.29) is 5.69 Å². The number of ketones is 1. The minimum atomic E-state index is -5.04. The third-order valence-electron chi connectivity index (χ3n) is 4.06. The lowest BCUT2D eigenvalue weighted by molar-refractivity contribution is -0.384. The highest BCUT2D eigenvalue weighted by Crippen LogP contribution is 2.38. The summed E-state index contributed by atoms with van der Waals surface area (Å²) in [6.45, 7) is 0. The maximum atomic E-state index is 12.9. The molecule has 134 valence electrons. The van der Waals surface area contributed by atoms with E-state index < -0.39 is 34.6 Å². The van der Waals surface area contributed by atoms with Crippen molar-refractivity contribution >= 4 is 17.2 Å². The number of non-ortho nitro benzene ring substituents is 1. The summed E-state index contributed by atoms with van der Waals surface area (Å²) in [5.74, 6) is -2.98. The maximum Gasteiger partial charge on any atom is 0.456 e. The molecule has 0 saturated heterocycles. The van der Waals surface area contributed by atoms with E-state index in [4.69, 9.17) is 0 Å². The van der Waals surface area contributed by atoms with Crippen molar-refractivity contribution in [2.75, 3.05) is 0 Å². The summed E-state index contributed by atoms with van der Waals surface area (Å²) in [5.41, 5.74) is 2.76. The van der Waals surface area contributed by atoms with Gasteiger partial charge in [0.1, 0.15) is 5.71 Å². The summed E-state index contributed by atoms with van der Waals surface area (Å²) >= 11 is 0. The monoisotopic (exact) mass is 363 g/mol. The molecule has 26 heavy (non-hydrogen) atoms. The largest absolute Gasteiger partial charge is 0.456 e. The van der Waals surface area contributed by atoms with Gasteiger partial charge in [0, 0.05) is 12.1 Å². The van der Waals surface area contributed by atoms with E-state index in [1.807, 2.05) is 0 Å². The molecular weight excluding hydrogens is 351 g/mol. The number of halogens is 3. The Labute approximate surface area is 145 Å². The Morgan fingerprint density at radius 1 is 1.04 bits per heavy atom. The van der Waals surface area contributed by atoms with Gasteiger partial charge in [-0.1, -0.05) is 42.5 Å². The lowest BCUT2D eigenvalue weighted by Gasteiger charge is -2.21. The number of nitro benzene ring substituents is 1. The van der Waals surface area contributed by atoms with Crippen LogP contribution in [0.1, 0.15) is 23.1 Å². The molecule has 1 N–H and O–H groups in total. The molecule has 0 aliphatic carbocycles. The molecule has 1 aliphatic heterocycles. The molecule has 0 aromatic heterocycles. The lowest BCUT2D eigenvalue weighted by Crippen LogP contribution is -2.34. The van der Waals surface area contributed by atoms with E-state index in [0.29, 0.717) is 11.1 Å². The molecule has 1 aliphatic rings. The number of nitrogens with zero attached hydrogens (tertiary/aromatic N) is 2. The zero-order chi connectivity index (χ0) is 18.9. The molecule has 6 nitrogen and oxygen atoms in total. The molecule has 0 amide bonds. The van der Waals surface area contributed by atoms with Crippen LogP contribution in [0.25, 0.3) is 0 Å². The molecule has 9 heteroatoms. The van der Waals surface area contributed by atoms with Crippen LogP contribution in [0, 0.1) is 10.1 Å². The van der Waals surface area contributed by atoms with Crippen molar-refractivity contribution in [3.05, 3.63) is 75.8 Å². The number of carbonyl (C=O) groups is 1. The van der Waals surface area contributed by atoms with Gasteiger partial charge in [0.15, 0.2) is 0 Å². The van der Waals surface area contributed by atoms with Crippen LogP contribution < -0.4 is 5.43 Å². The third kappa shape index (κ3) is 3.28. The molecule has 3 rings (SSSR count). The highest BCUT2D eigenvalue weighted by Gasteiger charge is 2.48. The Balaban J connectivity index is 2.01. The van der Waals surface area contributed by atoms with Gasteiger partial charge >= 0.3 is 6.18 Å². The van der Waals surface area contributed by atoms with Gasteiger partial charge in [-0.05, 0) is 11.1 Å². The molecule has 0 bridgehead atoms. The predicted molar refractivity (Wildman–Crippen MR) is 86.7 cm³/mol. The SMILES string of the molecule is O=C(C1=NN[C@@H](c2ccc([N+](=O)[O-])cc2)[C@H]1c1ccccc1)C(F)(F)F. The molecule has 0 radical (unpaired) electrons. The molecule has 2 atom stereocenters. The van der Waals surface area contributed by atoms with Crippen molar-refractivity contribution in [2.24, 2.45) is 5.10 Å². The van der Waals surface area contributed by atoms with Gasteiger partial charge in [-0.25, -0.2) is 0 Å². The number of rotatable bonds is 4. The highest BCUT2D eigenvalue weighted by atomic mass is 19.4. The van der Waals surface area contributed by atoms with Gasteiger partial charge in [0.25, 0.3) is 11.5 Å². The Kier molecular flexibility index (Phi) is 4.45. The number of Topliss-reactive ketones (excluding diaryl/α,β-unsaturated/α-hetero) is 1. The lowest BCUT2D eigenvalue weighted by atomic mass is 9.83. The van der Waals surface area contributed by atoms with Crippen molar-refractivity contribution in [1.29, 1.82) is 0 Å². The zero-order valence-electron chi connectivity index (χ0n) is 13.1. The fourth-order valence-electron chi connectivity index (χ4n) is 2.86. The van der Waals surface area contributed by atoms with E-state index in [2.05, 4.69) is 10.5 Å². The highest BCUT2D eigenvalue weighted by molar-refractivity contribution is 6.44. The van der Waals surface area contributed by atoms with Crippen LogP contribution >= 0.6 is 0 Å². The van der Waals surface area contributed by atoms with Crippen molar-refractivity contribution in [3.8, 4) is 0 Å². The number of hydrogen-bond acceptors (Lipinski definition) is 5. The second-order valence-corrected chi connectivity index (χ2v) is 5.67. The number of alkyl halides is 3. The second kappa shape index (κ2) is 6.58. The summed E-state index contributed by atoms with van der Waals surface area (Å²) < 4.78 is 38.8. The van der Waals surface area contributed by atoms with Gasteiger partial charge in [-0.3, -0.25) is 14.9 Å². The van der Waals surface area contributed by atoms with Crippen LogP contribution in [-0.2, 0) is 4.79 Å². The van der Waals surface area contributed by atoms with E-state index in [0.717, 1.165) is 0 Å². The van der Waals surface area contributed by atoms with E-state index >= 15 is 0 Å². The van der Waals surface area contributed by atoms with Crippen LogP contribution in [0.2, 0.25) is 0 Å². The number of nitrogens with one attached hydrogen (secondary N) is 1. The van der Waals surface area contributed by atoms with Gasteiger partial charge in [-0.15, -0.1) is 0 Å². The van der Waals surface area contributed by atoms with Gasteiger partial charge in [0.05, 0.1) is 16.9 Å². The van der Waals surface area contributed by atoms with Crippen molar-refractivity contribution < 1.29 is 22.9 Å². The first-order valence-corrected chi connectivity index (χ1v) is 7.53. The average molecular weight is 363 g/mol. The normalized spacial score (nSPS) is 19.6. The summed E-state index contributed by atoms with van der Waals surface area (Å²) in [7, 11) is 0. The molecular formula is C17H12F3N3O3. The smallest absolute Gasteiger partial charge is 0.301 e. The maximum absolute atomic E-state index is 12.9. The van der Waals surface area contributed by atoms with Crippen molar-refractivity contribution in [2.45, 2.75) is 18.1 Å². The summed E-state index contributed by atoms with van der Waals surface area (Å²) in [4.78, 5) is 22.0. The molecule has 0 spiro atoms. The van der Waals surface area contributed by atoms with E-state index in [1.165, 1.54) is 24.3 Å². The molecule has 0 unspecified atom stereocenters. The number of carbonyl (C=O) groups excluding carboxylic acids is 1. The summed E-state index contributed by atoms with van der Waals surface area (Å²) in [6.07, 6.45) is -5.04. The minimum Gasteiger partial charge on any atom is -0.301 e. The molecule has 0 fully saturated rings. The number of hydrogen-bond donors (Lipinski definition) is 1. The first-order valence-electron chi connectivity index (χ1n) is 7.53.